The van der Waals surface area contributed by atoms with Gasteiger partial charge in [0.2, 0.25) is 0 Å². The number of aryl methyl sites for hydroxylation is 1. The molecule has 1 N–H and O–H groups in total. The molecule has 0 aliphatic heterocycles. The molecule has 2 heterocycles. The van der Waals surface area contributed by atoms with E-state index < -0.39 is 0 Å². The van der Waals surface area contributed by atoms with Crippen molar-refractivity contribution in [3.05, 3.63) is 53.5 Å². The Balaban J connectivity index is 2.05. The molecule has 0 amide bonds. The van der Waals surface area contributed by atoms with Crippen molar-refractivity contribution in [2.45, 2.75) is 13.8 Å². The summed E-state index contributed by atoms with van der Waals surface area (Å²) in [6, 6.07) is 7.46. The Bertz CT molecular complexity index is 953. The zero-order chi connectivity index (χ0) is 17.1. The Hall–Kier alpha value is -3.33. The van der Waals surface area contributed by atoms with Gasteiger partial charge in [-0.1, -0.05) is 12.0 Å². The number of carbonyl (C=O) groups is 1. The number of terminal acetylenes is 1. The van der Waals surface area contributed by atoms with Crippen molar-refractivity contribution >= 4 is 23.0 Å². The third kappa shape index (κ3) is 2.79. The van der Waals surface area contributed by atoms with E-state index in [9.17, 15) is 4.79 Å². The van der Waals surface area contributed by atoms with Crippen LogP contribution < -0.4 is 5.32 Å². The highest BCUT2D eigenvalue weighted by atomic mass is 16.5. The molecule has 24 heavy (non-hydrogen) atoms. The van der Waals surface area contributed by atoms with Crippen LogP contribution in [0.1, 0.15) is 28.4 Å². The SMILES string of the molecule is C#Cc1cccc(Nc2ncnn3cc(C(=O)OCC)c(C)c23)c1. The molecule has 120 valence electrons. The number of aromatic nitrogens is 3. The molecular weight excluding hydrogens is 304 g/mol. The Labute approximate surface area is 139 Å². The van der Waals surface area contributed by atoms with Gasteiger partial charge >= 0.3 is 5.97 Å². The Kier molecular flexibility index (Phi) is 4.17. The highest BCUT2D eigenvalue weighted by molar-refractivity contribution is 5.95. The molecule has 0 saturated heterocycles. The summed E-state index contributed by atoms with van der Waals surface area (Å²) in [7, 11) is 0. The lowest BCUT2D eigenvalue weighted by Gasteiger charge is -2.08. The van der Waals surface area contributed by atoms with E-state index in [0.717, 1.165) is 16.8 Å². The second-order valence-electron chi connectivity index (χ2n) is 5.14. The van der Waals surface area contributed by atoms with E-state index in [-0.39, 0.29) is 5.97 Å². The van der Waals surface area contributed by atoms with Gasteiger partial charge in [0, 0.05) is 17.4 Å². The lowest BCUT2D eigenvalue weighted by molar-refractivity contribution is 0.0525. The summed E-state index contributed by atoms with van der Waals surface area (Å²) in [6.07, 6.45) is 8.50. The number of ether oxygens (including phenoxy) is 1. The minimum Gasteiger partial charge on any atom is -0.462 e. The smallest absolute Gasteiger partial charge is 0.340 e. The van der Waals surface area contributed by atoms with Crippen LogP contribution in [0.3, 0.4) is 0 Å². The molecule has 3 rings (SSSR count). The maximum Gasteiger partial charge on any atom is 0.340 e. The fourth-order valence-corrected chi connectivity index (χ4v) is 2.49. The highest BCUT2D eigenvalue weighted by Gasteiger charge is 2.18. The summed E-state index contributed by atoms with van der Waals surface area (Å²) >= 11 is 0. The van der Waals surface area contributed by atoms with Gasteiger partial charge in [0.25, 0.3) is 0 Å². The van der Waals surface area contributed by atoms with Gasteiger partial charge in [0.05, 0.1) is 12.2 Å². The molecule has 0 radical (unpaired) electrons. The van der Waals surface area contributed by atoms with Crippen LogP contribution in [0.25, 0.3) is 5.52 Å². The van der Waals surface area contributed by atoms with Crippen molar-refractivity contribution in [2.75, 3.05) is 11.9 Å². The molecule has 0 unspecified atom stereocenters. The van der Waals surface area contributed by atoms with Crippen LogP contribution in [-0.4, -0.2) is 27.2 Å². The Morgan fingerprint density at radius 2 is 2.29 bits per heavy atom. The first-order chi connectivity index (χ1) is 11.6. The van der Waals surface area contributed by atoms with E-state index in [4.69, 9.17) is 11.2 Å². The van der Waals surface area contributed by atoms with Crippen LogP contribution in [-0.2, 0) is 4.74 Å². The number of hydrogen-bond donors (Lipinski definition) is 1. The lowest BCUT2D eigenvalue weighted by atomic mass is 10.2. The third-order valence-corrected chi connectivity index (χ3v) is 3.61. The molecule has 2 aromatic heterocycles. The highest BCUT2D eigenvalue weighted by Crippen LogP contribution is 2.26. The first kappa shape index (κ1) is 15.6. The maximum absolute atomic E-state index is 12.1. The predicted octanol–water partition coefficient (Wildman–Crippen LogP) is 2.94. The Morgan fingerprint density at radius 1 is 1.46 bits per heavy atom. The predicted molar refractivity (Wildman–Crippen MR) is 91.3 cm³/mol. The minimum absolute atomic E-state index is 0.320. The second-order valence-corrected chi connectivity index (χ2v) is 5.14. The monoisotopic (exact) mass is 320 g/mol. The van der Waals surface area contributed by atoms with E-state index in [1.54, 1.807) is 17.6 Å². The summed E-state index contributed by atoms with van der Waals surface area (Å²) < 4.78 is 6.70. The number of hydrogen-bond acceptors (Lipinski definition) is 5. The first-order valence-electron chi connectivity index (χ1n) is 7.47. The lowest BCUT2D eigenvalue weighted by Crippen LogP contribution is -2.04. The van der Waals surface area contributed by atoms with Gasteiger partial charge in [-0.15, -0.1) is 6.42 Å². The normalized spacial score (nSPS) is 10.4. The van der Waals surface area contributed by atoms with E-state index in [1.807, 2.05) is 31.2 Å². The molecule has 0 saturated carbocycles. The van der Waals surface area contributed by atoms with Crippen molar-refractivity contribution in [1.29, 1.82) is 0 Å². The van der Waals surface area contributed by atoms with Crippen molar-refractivity contribution in [1.82, 2.24) is 14.6 Å². The number of nitrogens with zero attached hydrogens (tertiary/aromatic N) is 3. The largest absolute Gasteiger partial charge is 0.462 e. The number of nitrogens with one attached hydrogen (secondary N) is 1. The molecule has 6 heteroatoms. The van der Waals surface area contributed by atoms with E-state index >= 15 is 0 Å². The van der Waals surface area contributed by atoms with Gasteiger partial charge in [0.1, 0.15) is 11.8 Å². The standard InChI is InChI=1S/C18H16N4O2/c1-4-13-7-6-8-14(9-13)21-17-16-12(3)15(18(23)24-5-2)10-22(16)20-11-19-17/h1,6-11H,5H2,2-3H3,(H,19,20,21). The number of rotatable bonds is 4. The number of esters is 1. The average Bonchev–Trinajstić information content (AvgIpc) is 2.93. The van der Waals surface area contributed by atoms with Gasteiger partial charge in [0.15, 0.2) is 5.82 Å². The molecular formula is C18H16N4O2. The zero-order valence-corrected chi connectivity index (χ0v) is 13.4. The first-order valence-corrected chi connectivity index (χ1v) is 7.47. The topological polar surface area (TPSA) is 68.5 Å². The van der Waals surface area contributed by atoms with Crippen LogP contribution in [0.5, 0.6) is 0 Å². The van der Waals surface area contributed by atoms with Gasteiger partial charge in [-0.25, -0.2) is 14.3 Å². The molecule has 0 spiro atoms. The fourth-order valence-electron chi connectivity index (χ4n) is 2.49. The minimum atomic E-state index is -0.374. The zero-order valence-electron chi connectivity index (χ0n) is 13.4. The van der Waals surface area contributed by atoms with E-state index in [0.29, 0.717) is 23.5 Å². The average molecular weight is 320 g/mol. The summed E-state index contributed by atoms with van der Waals surface area (Å²) in [4.78, 5) is 16.4. The number of carbonyl (C=O) groups excluding carboxylic acids is 1. The van der Waals surface area contributed by atoms with Crippen LogP contribution in [0, 0.1) is 19.3 Å². The van der Waals surface area contributed by atoms with Crippen LogP contribution in [0.4, 0.5) is 11.5 Å². The summed E-state index contributed by atoms with van der Waals surface area (Å²) in [5, 5.41) is 7.39. The summed E-state index contributed by atoms with van der Waals surface area (Å²) in [5.41, 5.74) is 3.52. The molecule has 6 nitrogen and oxygen atoms in total. The van der Waals surface area contributed by atoms with Crippen molar-refractivity contribution < 1.29 is 9.53 Å². The number of benzene rings is 1. The van der Waals surface area contributed by atoms with Gasteiger partial charge in [-0.05, 0) is 37.6 Å². The molecule has 0 fully saturated rings. The van der Waals surface area contributed by atoms with Crippen molar-refractivity contribution in [2.24, 2.45) is 0 Å². The second kappa shape index (κ2) is 6.42. The van der Waals surface area contributed by atoms with Crippen molar-refractivity contribution in [3.63, 3.8) is 0 Å². The summed E-state index contributed by atoms with van der Waals surface area (Å²) in [5.74, 6) is 2.81. The van der Waals surface area contributed by atoms with E-state index in [2.05, 4.69) is 21.3 Å². The van der Waals surface area contributed by atoms with E-state index in [1.165, 1.54) is 6.33 Å². The molecule has 1 aromatic carbocycles. The van der Waals surface area contributed by atoms with Gasteiger partial charge in [-0.3, -0.25) is 0 Å². The molecule has 0 aliphatic carbocycles. The van der Waals surface area contributed by atoms with Crippen LogP contribution >= 0.6 is 0 Å². The maximum atomic E-state index is 12.1. The fraction of sp³-hybridized carbons (Fsp3) is 0.167. The molecule has 0 bridgehead atoms. The third-order valence-electron chi connectivity index (χ3n) is 3.61. The molecule has 0 aliphatic rings. The summed E-state index contributed by atoms with van der Waals surface area (Å²) in [6.45, 7) is 3.93. The quantitative estimate of drug-likeness (QED) is 0.591. The van der Waals surface area contributed by atoms with Gasteiger partial charge < -0.3 is 10.1 Å². The number of fused-ring (bicyclic) bond motifs is 1. The molecule has 0 atom stereocenters. The van der Waals surface area contributed by atoms with Crippen LogP contribution in [0.15, 0.2) is 36.8 Å². The van der Waals surface area contributed by atoms with Gasteiger partial charge in [-0.2, -0.15) is 5.10 Å². The van der Waals surface area contributed by atoms with Crippen LogP contribution in [0.2, 0.25) is 0 Å². The number of anilines is 2. The molecule has 3 aromatic rings. The Morgan fingerprint density at radius 3 is 3.04 bits per heavy atom. The van der Waals surface area contributed by atoms with Crippen molar-refractivity contribution in [3.8, 4) is 12.3 Å².